The molecule has 0 saturated heterocycles. The van der Waals surface area contributed by atoms with E-state index in [0.717, 1.165) is 102 Å². The van der Waals surface area contributed by atoms with Crippen LogP contribution < -0.4 is 0 Å². The van der Waals surface area contributed by atoms with Gasteiger partial charge in [-0.05, 0) is 43.4 Å². The molecular weight excluding hydrogens is 1230 g/mol. The van der Waals surface area contributed by atoms with Gasteiger partial charge in [-0.2, -0.15) is 0 Å². The molecule has 94 heavy (non-hydrogen) atoms. The van der Waals surface area contributed by atoms with Crippen LogP contribution >= 0.6 is 15.6 Å². The summed E-state index contributed by atoms with van der Waals surface area (Å²) in [4.78, 5) is 72.6. The molecule has 17 nitrogen and oxygen atoms in total. The smallest absolute Gasteiger partial charge is 0.462 e. The highest BCUT2D eigenvalue weighted by Crippen LogP contribution is 2.45. The number of hydrogen-bond donors (Lipinski definition) is 3. The summed E-state index contributed by atoms with van der Waals surface area (Å²) in [6.45, 7) is 11.7. The van der Waals surface area contributed by atoms with Gasteiger partial charge in [0.25, 0.3) is 0 Å². The number of ether oxygens (including phenoxy) is 4. The van der Waals surface area contributed by atoms with Crippen molar-refractivity contribution < 1.29 is 80.2 Å². The van der Waals surface area contributed by atoms with Gasteiger partial charge < -0.3 is 33.8 Å². The molecule has 0 aromatic carbocycles. The summed E-state index contributed by atoms with van der Waals surface area (Å²) in [5.41, 5.74) is 0. The molecule has 0 bridgehead atoms. The fourth-order valence-electron chi connectivity index (χ4n) is 11.4. The van der Waals surface area contributed by atoms with Gasteiger partial charge in [0.05, 0.1) is 26.4 Å². The maximum atomic E-state index is 13.1. The lowest BCUT2D eigenvalue weighted by molar-refractivity contribution is -0.161. The van der Waals surface area contributed by atoms with Crippen LogP contribution in [0, 0.1) is 17.8 Å². The third-order valence-corrected chi connectivity index (χ3v) is 19.3. The van der Waals surface area contributed by atoms with Crippen LogP contribution in [0.4, 0.5) is 0 Å². The average molecular weight is 1380 g/mol. The molecule has 0 amide bonds. The van der Waals surface area contributed by atoms with Crippen molar-refractivity contribution in [2.75, 3.05) is 39.6 Å². The Balaban J connectivity index is 5.16. The number of aliphatic hydroxyl groups excluding tert-OH is 1. The van der Waals surface area contributed by atoms with E-state index in [1.54, 1.807) is 0 Å². The lowest BCUT2D eigenvalue weighted by Crippen LogP contribution is -2.30. The van der Waals surface area contributed by atoms with E-state index in [0.29, 0.717) is 37.5 Å². The third-order valence-electron chi connectivity index (χ3n) is 17.4. The topological polar surface area (TPSA) is 237 Å². The van der Waals surface area contributed by atoms with Crippen molar-refractivity contribution >= 4 is 39.5 Å². The number of unbranched alkanes of at least 4 members (excludes halogenated alkanes) is 41. The number of aliphatic hydroxyl groups is 1. The molecule has 0 radical (unpaired) electrons. The Morgan fingerprint density at radius 2 is 0.489 bits per heavy atom. The Labute approximate surface area is 575 Å². The van der Waals surface area contributed by atoms with Gasteiger partial charge in [-0.3, -0.25) is 37.3 Å². The number of phosphoric ester groups is 2. The first kappa shape index (κ1) is 92.1. The van der Waals surface area contributed by atoms with E-state index in [2.05, 4.69) is 48.5 Å². The van der Waals surface area contributed by atoms with Gasteiger partial charge in [-0.15, -0.1) is 0 Å². The predicted molar refractivity (Wildman–Crippen MR) is 381 cm³/mol. The first-order valence-corrected chi connectivity index (χ1v) is 41.8. The minimum absolute atomic E-state index is 0.102. The van der Waals surface area contributed by atoms with Crippen molar-refractivity contribution in [2.45, 2.75) is 401 Å². The molecule has 558 valence electrons. The van der Waals surface area contributed by atoms with E-state index >= 15 is 0 Å². The minimum Gasteiger partial charge on any atom is -0.462 e. The number of esters is 4. The van der Waals surface area contributed by atoms with Crippen molar-refractivity contribution in [2.24, 2.45) is 17.8 Å². The summed E-state index contributed by atoms with van der Waals surface area (Å²) in [5, 5.41) is 10.6. The van der Waals surface area contributed by atoms with E-state index in [1.165, 1.54) is 186 Å². The second kappa shape index (κ2) is 65.7. The zero-order valence-corrected chi connectivity index (χ0v) is 63.2. The molecule has 0 aliphatic carbocycles. The zero-order chi connectivity index (χ0) is 69.4. The van der Waals surface area contributed by atoms with Gasteiger partial charge >= 0.3 is 39.5 Å². The van der Waals surface area contributed by atoms with E-state index in [9.17, 15) is 43.2 Å². The molecule has 0 spiro atoms. The van der Waals surface area contributed by atoms with Gasteiger partial charge in [0.2, 0.25) is 0 Å². The predicted octanol–water partition coefficient (Wildman–Crippen LogP) is 21.8. The minimum atomic E-state index is -4.96. The molecule has 19 heteroatoms. The van der Waals surface area contributed by atoms with E-state index < -0.39 is 97.5 Å². The molecular formula is C75H146O17P2. The molecule has 0 heterocycles. The largest absolute Gasteiger partial charge is 0.472 e. The number of carbonyl (C=O) groups is 4. The lowest BCUT2D eigenvalue weighted by Gasteiger charge is -2.21. The second-order valence-electron chi connectivity index (χ2n) is 28.5. The van der Waals surface area contributed by atoms with Crippen LogP contribution in [0.1, 0.15) is 382 Å². The molecule has 0 aromatic rings. The summed E-state index contributed by atoms with van der Waals surface area (Å²) in [6.07, 6.45) is 51.9. The lowest BCUT2D eigenvalue weighted by atomic mass is 10.0. The van der Waals surface area contributed by atoms with Gasteiger partial charge in [0.15, 0.2) is 12.2 Å². The maximum absolute atomic E-state index is 13.1. The molecule has 5 atom stereocenters. The first-order valence-electron chi connectivity index (χ1n) is 38.8. The Bertz CT molecular complexity index is 1840. The Hall–Kier alpha value is -1.94. The maximum Gasteiger partial charge on any atom is 0.472 e. The molecule has 0 aliphatic rings. The number of phosphoric acid groups is 2. The zero-order valence-electron chi connectivity index (χ0n) is 61.4. The molecule has 0 rings (SSSR count). The standard InChI is InChI=1S/C75H146O17P2/c1-8-9-10-11-12-13-14-15-16-17-18-19-20-21-22-23-24-25-30-35-44-51-58-74(79)91-70(62-85-72(77)56-49-42-34-29-27-26-28-32-39-46-53-66(2)3)64-89-93(81,82)87-60-69(76)61-88-94(83,84)90-65-71(63-86-73(78)57-50-43-38-37-41-48-55-68(6)7)92-75(80)59-52-45-36-31-33-40-47-54-67(4)5/h66-71,76H,8-65H2,1-7H3,(H,81,82)(H,83,84)/t69-,70-,71-/m1/s1. The van der Waals surface area contributed by atoms with Gasteiger partial charge in [-0.1, -0.05) is 331 Å². The van der Waals surface area contributed by atoms with Crippen molar-refractivity contribution in [1.29, 1.82) is 0 Å². The molecule has 0 aliphatic heterocycles. The van der Waals surface area contributed by atoms with Crippen molar-refractivity contribution in [3.63, 3.8) is 0 Å². The molecule has 0 aromatic heterocycles. The van der Waals surface area contributed by atoms with Crippen LogP contribution in [0.15, 0.2) is 0 Å². The van der Waals surface area contributed by atoms with Crippen LogP contribution in [-0.4, -0.2) is 96.7 Å². The van der Waals surface area contributed by atoms with Gasteiger partial charge in [0.1, 0.15) is 19.3 Å². The highest BCUT2D eigenvalue weighted by molar-refractivity contribution is 7.47. The molecule has 0 fully saturated rings. The average Bonchev–Trinajstić information content (AvgIpc) is 2.09. The summed E-state index contributed by atoms with van der Waals surface area (Å²) in [5.74, 6) is 0.00698. The molecule has 2 unspecified atom stereocenters. The van der Waals surface area contributed by atoms with E-state index in [-0.39, 0.29) is 25.7 Å². The third kappa shape index (κ3) is 68.6. The Morgan fingerprint density at radius 3 is 0.723 bits per heavy atom. The monoisotopic (exact) mass is 1380 g/mol. The highest BCUT2D eigenvalue weighted by atomic mass is 31.2. The van der Waals surface area contributed by atoms with Crippen LogP contribution in [0.2, 0.25) is 0 Å². The SMILES string of the molecule is CCCCCCCCCCCCCCCCCCCCCCCCC(=O)O[C@H](COC(=O)CCCCCCCCCCCCC(C)C)COP(=O)(O)OC[C@@H](O)COP(=O)(O)OC[C@@H](COC(=O)CCCCCCCCC(C)C)OC(=O)CCCCCCCCCC(C)C. The number of carbonyl (C=O) groups excluding carboxylic acids is 4. The molecule has 0 saturated carbocycles. The summed E-state index contributed by atoms with van der Waals surface area (Å²) in [7, 11) is -9.91. The fourth-order valence-corrected chi connectivity index (χ4v) is 13.0. The number of hydrogen-bond acceptors (Lipinski definition) is 15. The van der Waals surface area contributed by atoms with Crippen LogP contribution in [0.3, 0.4) is 0 Å². The van der Waals surface area contributed by atoms with Crippen molar-refractivity contribution in [3.05, 3.63) is 0 Å². The second-order valence-corrected chi connectivity index (χ2v) is 31.4. The Morgan fingerprint density at radius 1 is 0.287 bits per heavy atom. The van der Waals surface area contributed by atoms with Gasteiger partial charge in [-0.25, -0.2) is 9.13 Å². The summed E-state index contributed by atoms with van der Waals surface area (Å²) in [6, 6.07) is 0. The Kier molecular flexibility index (Phi) is 64.3. The van der Waals surface area contributed by atoms with Crippen LogP contribution in [0.25, 0.3) is 0 Å². The molecule has 3 N–H and O–H groups in total. The highest BCUT2D eigenvalue weighted by Gasteiger charge is 2.30. The first-order chi connectivity index (χ1) is 45.2. The fraction of sp³-hybridized carbons (Fsp3) is 0.947. The van der Waals surface area contributed by atoms with E-state index in [1.807, 2.05) is 0 Å². The van der Waals surface area contributed by atoms with Crippen molar-refractivity contribution in [3.8, 4) is 0 Å². The normalized spacial score (nSPS) is 14.1. The van der Waals surface area contributed by atoms with Crippen molar-refractivity contribution in [1.82, 2.24) is 0 Å². The van der Waals surface area contributed by atoms with Gasteiger partial charge in [0, 0.05) is 25.7 Å². The quantitative estimate of drug-likeness (QED) is 0.0222. The van der Waals surface area contributed by atoms with Crippen LogP contribution in [-0.2, 0) is 65.4 Å². The van der Waals surface area contributed by atoms with Crippen LogP contribution in [0.5, 0.6) is 0 Å². The van der Waals surface area contributed by atoms with E-state index in [4.69, 9.17) is 37.0 Å². The summed E-state index contributed by atoms with van der Waals surface area (Å²) >= 11 is 0. The summed E-state index contributed by atoms with van der Waals surface area (Å²) < 4.78 is 68.4. The number of rotatable bonds is 73.